The van der Waals surface area contributed by atoms with E-state index < -0.39 is 0 Å². The van der Waals surface area contributed by atoms with Crippen molar-refractivity contribution in [2.24, 2.45) is 0 Å². The van der Waals surface area contributed by atoms with E-state index in [-0.39, 0.29) is 11.9 Å². The maximum Gasteiger partial charge on any atom is 0.240 e. The van der Waals surface area contributed by atoms with Crippen LogP contribution in [0, 0.1) is 0 Å². The first-order valence-electron chi connectivity index (χ1n) is 7.72. The molecule has 2 unspecified atom stereocenters. The molecule has 0 aliphatic carbocycles. The van der Waals surface area contributed by atoms with Crippen molar-refractivity contribution in [3.63, 3.8) is 0 Å². The van der Waals surface area contributed by atoms with Gasteiger partial charge in [-0.15, -0.1) is 0 Å². The molecule has 1 amide bonds. The summed E-state index contributed by atoms with van der Waals surface area (Å²) >= 11 is 0. The summed E-state index contributed by atoms with van der Waals surface area (Å²) in [6.07, 6.45) is 5.58. The van der Waals surface area contributed by atoms with Crippen molar-refractivity contribution in [2.45, 2.75) is 65.1 Å². The number of aromatic nitrogens is 2. The predicted octanol–water partition coefficient (Wildman–Crippen LogP) is 1.85. The molecule has 0 bridgehead atoms. The number of hydrogen-bond acceptors (Lipinski definition) is 3. The van der Waals surface area contributed by atoms with Gasteiger partial charge in [0.25, 0.3) is 0 Å². The predicted molar refractivity (Wildman–Crippen MR) is 79.3 cm³/mol. The second-order valence-corrected chi connectivity index (χ2v) is 5.61. The molecule has 0 spiro atoms. The molecule has 2 heterocycles. The van der Waals surface area contributed by atoms with E-state index in [1.54, 1.807) is 6.33 Å². The molecule has 1 aliphatic heterocycles. The molecule has 5 heteroatoms. The Labute approximate surface area is 121 Å². The van der Waals surface area contributed by atoms with Crippen molar-refractivity contribution in [2.75, 3.05) is 6.54 Å². The van der Waals surface area contributed by atoms with Crippen LogP contribution in [0.1, 0.15) is 51.4 Å². The highest BCUT2D eigenvalue weighted by Crippen LogP contribution is 2.16. The first-order chi connectivity index (χ1) is 9.67. The molecule has 0 fully saturated rings. The molecule has 2 atom stereocenters. The van der Waals surface area contributed by atoms with Crippen LogP contribution >= 0.6 is 0 Å². The lowest BCUT2D eigenvalue weighted by molar-refractivity contribution is -0.135. The summed E-state index contributed by atoms with van der Waals surface area (Å²) in [6.45, 7) is 7.99. The first kappa shape index (κ1) is 15.0. The minimum absolute atomic E-state index is 0.128. The van der Waals surface area contributed by atoms with Gasteiger partial charge in [-0.2, -0.15) is 0 Å². The smallest absolute Gasteiger partial charge is 0.240 e. The number of carbonyl (C=O) groups is 1. The molecule has 0 radical (unpaired) electrons. The fourth-order valence-electron chi connectivity index (χ4n) is 2.64. The molecule has 112 valence electrons. The minimum Gasteiger partial charge on any atom is -0.347 e. The summed E-state index contributed by atoms with van der Waals surface area (Å²) in [5, 5.41) is 3.33. The monoisotopic (exact) mass is 278 g/mol. The Balaban J connectivity index is 2.04. The number of H-pyrrole nitrogens is 1. The second kappa shape index (κ2) is 6.88. The number of amides is 1. The lowest BCUT2D eigenvalue weighted by Crippen LogP contribution is -2.52. The Hall–Kier alpha value is -1.36. The van der Waals surface area contributed by atoms with Gasteiger partial charge in [0.2, 0.25) is 5.91 Å². The molecule has 20 heavy (non-hydrogen) atoms. The Morgan fingerprint density at radius 1 is 1.55 bits per heavy atom. The quantitative estimate of drug-likeness (QED) is 0.835. The van der Waals surface area contributed by atoms with E-state index in [2.05, 4.69) is 36.1 Å². The van der Waals surface area contributed by atoms with Crippen molar-refractivity contribution < 1.29 is 4.79 Å². The molecule has 2 rings (SSSR count). The van der Waals surface area contributed by atoms with Gasteiger partial charge in [0.1, 0.15) is 0 Å². The van der Waals surface area contributed by atoms with Gasteiger partial charge < -0.3 is 9.88 Å². The fraction of sp³-hybridized carbons (Fsp3) is 0.733. The highest BCUT2D eigenvalue weighted by molar-refractivity contribution is 5.82. The second-order valence-electron chi connectivity index (χ2n) is 5.61. The van der Waals surface area contributed by atoms with E-state index in [9.17, 15) is 4.79 Å². The van der Waals surface area contributed by atoms with E-state index in [0.29, 0.717) is 19.0 Å². The molecular formula is C15H26N4O. The SMILES string of the molecule is CCCCN(C(=O)C1Cc2nc[nH]c2CN1)C(C)CC. The van der Waals surface area contributed by atoms with Crippen LogP contribution in [0.25, 0.3) is 0 Å². The number of fused-ring (bicyclic) bond motifs is 1. The van der Waals surface area contributed by atoms with E-state index >= 15 is 0 Å². The summed E-state index contributed by atoms with van der Waals surface area (Å²) in [5.41, 5.74) is 2.14. The van der Waals surface area contributed by atoms with Crippen LogP contribution in [0.4, 0.5) is 0 Å². The van der Waals surface area contributed by atoms with E-state index in [1.165, 1.54) is 0 Å². The van der Waals surface area contributed by atoms with Crippen molar-refractivity contribution in [1.29, 1.82) is 0 Å². The van der Waals surface area contributed by atoms with Gasteiger partial charge in [0.05, 0.1) is 23.8 Å². The van der Waals surface area contributed by atoms with E-state index in [0.717, 1.165) is 37.2 Å². The van der Waals surface area contributed by atoms with Crippen LogP contribution in [0.2, 0.25) is 0 Å². The van der Waals surface area contributed by atoms with Crippen molar-refractivity contribution in [3.8, 4) is 0 Å². The largest absolute Gasteiger partial charge is 0.347 e. The number of nitrogens with zero attached hydrogens (tertiary/aromatic N) is 2. The van der Waals surface area contributed by atoms with Gasteiger partial charge in [-0.3, -0.25) is 10.1 Å². The van der Waals surface area contributed by atoms with E-state index in [1.807, 2.05) is 4.90 Å². The third-order valence-corrected chi connectivity index (χ3v) is 4.19. The fourth-order valence-corrected chi connectivity index (χ4v) is 2.64. The zero-order valence-electron chi connectivity index (χ0n) is 12.8. The molecule has 0 aromatic carbocycles. The summed E-state index contributed by atoms with van der Waals surface area (Å²) < 4.78 is 0. The standard InChI is InChI=1S/C15H26N4O/c1-4-6-7-19(11(3)5-2)15(20)13-8-12-14(9-16-13)18-10-17-12/h10-11,13,16H,4-9H2,1-3H3,(H,17,18). The van der Waals surface area contributed by atoms with Gasteiger partial charge in [-0.05, 0) is 19.8 Å². The number of aromatic amines is 1. The first-order valence-corrected chi connectivity index (χ1v) is 7.72. The Morgan fingerprint density at radius 3 is 3.05 bits per heavy atom. The van der Waals surface area contributed by atoms with Crippen LogP contribution in [0.3, 0.4) is 0 Å². The van der Waals surface area contributed by atoms with Crippen LogP contribution in [0.15, 0.2) is 6.33 Å². The maximum atomic E-state index is 12.8. The van der Waals surface area contributed by atoms with Crippen LogP contribution in [-0.2, 0) is 17.8 Å². The summed E-state index contributed by atoms with van der Waals surface area (Å²) in [4.78, 5) is 22.2. The molecule has 1 aliphatic rings. The average Bonchev–Trinajstić information content (AvgIpc) is 2.94. The Bertz CT molecular complexity index is 443. The van der Waals surface area contributed by atoms with E-state index in [4.69, 9.17) is 0 Å². The molecule has 0 saturated carbocycles. The number of rotatable bonds is 6. The molecule has 0 saturated heterocycles. The third-order valence-electron chi connectivity index (χ3n) is 4.19. The number of hydrogen-bond donors (Lipinski definition) is 2. The van der Waals surface area contributed by atoms with Crippen LogP contribution in [-0.4, -0.2) is 39.4 Å². The van der Waals surface area contributed by atoms with Gasteiger partial charge in [-0.1, -0.05) is 20.3 Å². The highest BCUT2D eigenvalue weighted by Gasteiger charge is 2.30. The van der Waals surface area contributed by atoms with Crippen LogP contribution in [0.5, 0.6) is 0 Å². The number of unbranched alkanes of at least 4 members (excludes halogenated alkanes) is 1. The van der Waals surface area contributed by atoms with Crippen molar-refractivity contribution in [3.05, 3.63) is 17.7 Å². The zero-order valence-corrected chi connectivity index (χ0v) is 12.8. The minimum atomic E-state index is -0.128. The lowest BCUT2D eigenvalue weighted by Gasteiger charge is -2.33. The third kappa shape index (κ3) is 3.20. The summed E-state index contributed by atoms with van der Waals surface area (Å²) in [7, 11) is 0. The molecule has 1 aromatic heterocycles. The van der Waals surface area contributed by atoms with Crippen LogP contribution < -0.4 is 5.32 Å². The molecule has 2 N–H and O–H groups in total. The lowest BCUT2D eigenvalue weighted by atomic mass is 10.0. The van der Waals surface area contributed by atoms with Gasteiger partial charge in [-0.25, -0.2) is 4.98 Å². The summed E-state index contributed by atoms with van der Waals surface area (Å²) in [6, 6.07) is 0.174. The van der Waals surface area contributed by atoms with Gasteiger partial charge in [0.15, 0.2) is 0 Å². The van der Waals surface area contributed by atoms with Crippen molar-refractivity contribution >= 4 is 5.91 Å². The molecule has 5 nitrogen and oxygen atoms in total. The number of imidazole rings is 1. The Morgan fingerprint density at radius 2 is 2.35 bits per heavy atom. The van der Waals surface area contributed by atoms with Gasteiger partial charge in [0, 0.05) is 25.6 Å². The molecule has 1 aromatic rings. The molecular weight excluding hydrogens is 252 g/mol. The Kier molecular flexibility index (Phi) is 5.17. The topological polar surface area (TPSA) is 61.0 Å². The number of nitrogens with one attached hydrogen (secondary N) is 2. The summed E-state index contributed by atoms with van der Waals surface area (Å²) in [5.74, 6) is 0.224. The zero-order chi connectivity index (χ0) is 14.5. The van der Waals surface area contributed by atoms with Crippen molar-refractivity contribution in [1.82, 2.24) is 20.2 Å². The number of carbonyl (C=O) groups excluding carboxylic acids is 1. The normalized spacial score (nSPS) is 19.4. The highest BCUT2D eigenvalue weighted by atomic mass is 16.2. The maximum absolute atomic E-state index is 12.8. The average molecular weight is 278 g/mol. The van der Waals surface area contributed by atoms with Gasteiger partial charge >= 0.3 is 0 Å².